The van der Waals surface area contributed by atoms with Crippen LogP contribution in [0.1, 0.15) is 58.9 Å². The number of carbonyl (C=O) groups is 2. The zero-order valence-electron chi connectivity index (χ0n) is 19.2. The lowest BCUT2D eigenvalue weighted by molar-refractivity contribution is -0.384. The molecule has 8 nitrogen and oxygen atoms in total. The number of non-ortho nitro benzene ring substituents is 1. The van der Waals surface area contributed by atoms with Crippen LogP contribution in [0.3, 0.4) is 0 Å². The first-order valence-corrected chi connectivity index (χ1v) is 10.8. The van der Waals surface area contributed by atoms with Crippen LogP contribution in [0.5, 0.6) is 0 Å². The fourth-order valence-electron chi connectivity index (χ4n) is 4.52. The molecule has 0 aromatic heterocycles. The standard InChI is InChI=1S/C24H30N2O6/c1-14(2)31-10-11-32-23(28)20-15(3)25-18-12-24(4,5)13-19(27)22(18)21(20)16-6-8-17(9-7-16)26(29)30/h6-9,14,21-22H,10-13H2,1-5H3. The Hall–Kier alpha value is -2.87. The van der Waals surface area contributed by atoms with Gasteiger partial charge in [0.15, 0.2) is 0 Å². The topological polar surface area (TPSA) is 108 Å². The summed E-state index contributed by atoms with van der Waals surface area (Å²) < 4.78 is 10.9. The molecule has 1 aromatic rings. The van der Waals surface area contributed by atoms with E-state index in [1.807, 2.05) is 27.7 Å². The van der Waals surface area contributed by atoms with Crippen LogP contribution in [0, 0.1) is 21.4 Å². The Morgan fingerprint density at radius 2 is 1.84 bits per heavy atom. The molecule has 32 heavy (non-hydrogen) atoms. The van der Waals surface area contributed by atoms with E-state index in [-0.39, 0.29) is 36.2 Å². The molecule has 1 heterocycles. The zero-order chi connectivity index (χ0) is 23.6. The van der Waals surface area contributed by atoms with E-state index < -0.39 is 22.7 Å². The molecule has 0 N–H and O–H groups in total. The number of Topliss-reactive ketones (excluding diaryl/α,β-unsaturated/α-hetero) is 1. The molecule has 8 heteroatoms. The minimum absolute atomic E-state index is 0.0179. The number of ether oxygens (including phenoxy) is 2. The number of aliphatic imine (C=N–C) groups is 1. The van der Waals surface area contributed by atoms with Gasteiger partial charge < -0.3 is 9.47 Å². The number of hydrogen-bond donors (Lipinski definition) is 0. The highest BCUT2D eigenvalue weighted by Crippen LogP contribution is 2.47. The number of nitro groups is 1. The Balaban J connectivity index is 2.00. The van der Waals surface area contributed by atoms with Crippen LogP contribution in [0.25, 0.3) is 0 Å². The van der Waals surface area contributed by atoms with E-state index in [4.69, 9.17) is 9.47 Å². The Kier molecular flexibility index (Phi) is 6.93. The van der Waals surface area contributed by atoms with Crippen LogP contribution in [0.2, 0.25) is 0 Å². The number of nitro benzene ring substituents is 1. The maximum absolute atomic E-state index is 13.2. The normalized spacial score (nSPS) is 22.4. The molecule has 0 amide bonds. The van der Waals surface area contributed by atoms with Crippen LogP contribution in [0.4, 0.5) is 5.69 Å². The number of nitrogens with zero attached hydrogens (tertiary/aromatic N) is 2. The van der Waals surface area contributed by atoms with Gasteiger partial charge in [0.2, 0.25) is 0 Å². The molecule has 3 rings (SSSR count). The number of fused-ring (bicyclic) bond motifs is 1. The minimum atomic E-state index is -0.592. The highest BCUT2D eigenvalue weighted by atomic mass is 16.6. The van der Waals surface area contributed by atoms with Gasteiger partial charge in [-0.25, -0.2) is 4.79 Å². The number of esters is 1. The van der Waals surface area contributed by atoms with Crippen molar-refractivity contribution in [3.05, 3.63) is 51.2 Å². The van der Waals surface area contributed by atoms with Gasteiger partial charge in [-0.05, 0) is 38.2 Å². The summed E-state index contributed by atoms with van der Waals surface area (Å²) in [5.41, 5.74) is 1.99. The second-order valence-electron chi connectivity index (χ2n) is 9.45. The first-order valence-electron chi connectivity index (χ1n) is 10.8. The maximum Gasteiger partial charge on any atom is 0.336 e. The molecule has 1 aliphatic carbocycles. The largest absolute Gasteiger partial charge is 0.460 e. The molecule has 2 aliphatic rings. The van der Waals surface area contributed by atoms with E-state index in [1.165, 1.54) is 12.1 Å². The Morgan fingerprint density at radius 3 is 2.44 bits per heavy atom. The molecule has 1 saturated carbocycles. The van der Waals surface area contributed by atoms with E-state index in [9.17, 15) is 19.7 Å². The number of rotatable bonds is 7. The van der Waals surface area contributed by atoms with E-state index in [0.717, 1.165) is 5.71 Å². The minimum Gasteiger partial charge on any atom is -0.460 e. The van der Waals surface area contributed by atoms with Gasteiger partial charge in [-0.3, -0.25) is 19.9 Å². The molecule has 0 spiro atoms. The summed E-state index contributed by atoms with van der Waals surface area (Å²) in [5.74, 6) is -1.70. The summed E-state index contributed by atoms with van der Waals surface area (Å²) in [5, 5.41) is 11.1. The monoisotopic (exact) mass is 442 g/mol. The van der Waals surface area contributed by atoms with Crippen LogP contribution in [0.15, 0.2) is 40.5 Å². The van der Waals surface area contributed by atoms with Gasteiger partial charge in [0.05, 0.1) is 29.1 Å². The predicted molar refractivity (Wildman–Crippen MR) is 120 cm³/mol. The zero-order valence-corrected chi connectivity index (χ0v) is 19.2. The lowest BCUT2D eigenvalue weighted by atomic mass is 9.63. The van der Waals surface area contributed by atoms with Crippen molar-refractivity contribution >= 4 is 23.2 Å². The number of benzene rings is 1. The van der Waals surface area contributed by atoms with Crippen molar-refractivity contribution in [2.45, 2.75) is 59.5 Å². The van der Waals surface area contributed by atoms with Crippen LogP contribution in [-0.2, 0) is 19.1 Å². The Morgan fingerprint density at radius 1 is 1.19 bits per heavy atom. The van der Waals surface area contributed by atoms with Crippen molar-refractivity contribution in [3.63, 3.8) is 0 Å². The van der Waals surface area contributed by atoms with Gasteiger partial charge in [0.1, 0.15) is 12.4 Å². The lowest BCUT2D eigenvalue weighted by Crippen LogP contribution is -2.44. The summed E-state index contributed by atoms with van der Waals surface area (Å²) in [4.78, 5) is 41.6. The van der Waals surface area contributed by atoms with Crippen molar-refractivity contribution in [3.8, 4) is 0 Å². The van der Waals surface area contributed by atoms with Gasteiger partial charge >= 0.3 is 5.97 Å². The summed E-state index contributed by atoms with van der Waals surface area (Å²) in [7, 11) is 0. The Bertz CT molecular complexity index is 975. The number of allylic oxidation sites excluding steroid dienone is 1. The molecule has 0 bridgehead atoms. The van der Waals surface area contributed by atoms with E-state index >= 15 is 0 Å². The molecular weight excluding hydrogens is 412 g/mol. The van der Waals surface area contributed by atoms with Gasteiger partial charge in [-0.15, -0.1) is 0 Å². The molecule has 0 radical (unpaired) electrons. The third kappa shape index (κ3) is 5.12. The highest BCUT2D eigenvalue weighted by Gasteiger charge is 2.47. The second kappa shape index (κ2) is 9.32. The van der Waals surface area contributed by atoms with Crippen molar-refractivity contribution in [2.24, 2.45) is 16.3 Å². The molecule has 0 saturated heterocycles. The molecule has 2 atom stereocenters. The van der Waals surface area contributed by atoms with Gasteiger partial charge in [-0.1, -0.05) is 26.0 Å². The fraction of sp³-hybridized carbons (Fsp3) is 0.542. The smallest absolute Gasteiger partial charge is 0.336 e. The van der Waals surface area contributed by atoms with Crippen LogP contribution >= 0.6 is 0 Å². The number of ketones is 1. The maximum atomic E-state index is 13.2. The Labute approximate surface area is 187 Å². The van der Waals surface area contributed by atoms with Gasteiger partial charge in [0, 0.05) is 35.9 Å². The SMILES string of the molecule is CC1=C(C(=O)OCCOC(C)C)C(c2ccc([N+](=O)[O-])cc2)C2C(=O)CC(C)(C)CC2=N1. The molecule has 1 fully saturated rings. The first kappa shape index (κ1) is 23.8. The van der Waals surface area contributed by atoms with Gasteiger partial charge in [0.25, 0.3) is 5.69 Å². The van der Waals surface area contributed by atoms with Crippen molar-refractivity contribution in [2.75, 3.05) is 13.2 Å². The predicted octanol–water partition coefficient (Wildman–Crippen LogP) is 4.38. The third-order valence-electron chi connectivity index (χ3n) is 5.81. The van der Waals surface area contributed by atoms with Crippen molar-refractivity contribution in [1.29, 1.82) is 0 Å². The van der Waals surface area contributed by atoms with Crippen LogP contribution in [-0.4, -0.2) is 41.7 Å². The quantitative estimate of drug-likeness (QED) is 0.268. The summed E-state index contributed by atoms with van der Waals surface area (Å²) >= 11 is 0. The average molecular weight is 443 g/mol. The van der Waals surface area contributed by atoms with Crippen molar-refractivity contribution in [1.82, 2.24) is 0 Å². The summed E-state index contributed by atoms with van der Waals surface area (Å²) in [6.45, 7) is 9.95. The third-order valence-corrected chi connectivity index (χ3v) is 5.81. The first-order chi connectivity index (χ1) is 15.0. The fourth-order valence-corrected chi connectivity index (χ4v) is 4.52. The van der Waals surface area contributed by atoms with E-state index in [0.29, 0.717) is 29.7 Å². The summed E-state index contributed by atoms with van der Waals surface area (Å²) in [6, 6.07) is 6.02. The average Bonchev–Trinajstić information content (AvgIpc) is 2.69. The molecular formula is C24H30N2O6. The lowest BCUT2D eigenvalue weighted by Gasteiger charge is -2.41. The molecule has 1 aromatic carbocycles. The van der Waals surface area contributed by atoms with E-state index in [2.05, 4.69) is 4.99 Å². The molecule has 2 unspecified atom stereocenters. The van der Waals surface area contributed by atoms with E-state index in [1.54, 1.807) is 19.1 Å². The highest BCUT2D eigenvalue weighted by molar-refractivity contribution is 6.12. The molecule has 172 valence electrons. The molecule has 1 aliphatic heterocycles. The number of carbonyl (C=O) groups excluding carboxylic acids is 2. The van der Waals surface area contributed by atoms with Crippen LogP contribution < -0.4 is 0 Å². The number of hydrogen-bond acceptors (Lipinski definition) is 7. The van der Waals surface area contributed by atoms with Crippen molar-refractivity contribution < 1.29 is 24.0 Å². The second-order valence-corrected chi connectivity index (χ2v) is 9.45. The van der Waals surface area contributed by atoms with Gasteiger partial charge in [-0.2, -0.15) is 0 Å². The summed E-state index contributed by atoms with van der Waals surface area (Å²) in [6.07, 6.45) is 1.05.